The molecule has 2 aromatic rings. The number of aromatic nitrogens is 1. The first-order chi connectivity index (χ1) is 8.39. The van der Waals surface area contributed by atoms with Crippen molar-refractivity contribution in [1.82, 2.24) is 4.98 Å². The van der Waals surface area contributed by atoms with Crippen LogP contribution in [0, 0.1) is 0 Å². The molecule has 0 bridgehead atoms. The van der Waals surface area contributed by atoms with Crippen molar-refractivity contribution in [3.63, 3.8) is 0 Å². The molecule has 2 nitrogen and oxygen atoms in total. The molecule has 1 saturated carbocycles. The van der Waals surface area contributed by atoms with E-state index < -0.39 is 0 Å². The Hall–Kier alpha value is -1.83. The molecule has 2 heteroatoms. The lowest BCUT2D eigenvalue weighted by Crippen LogP contribution is -2.19. The van der Waals surface area contributed by atoms with Crippen LogP contribution in [-0.4, -0.2) is 11.5 Å². The fraction of sp³-hybridized carbons (Fsp3) is 0.267. The molecule has 1 aromatic heterocycles. The van der Waals surface area contributed by atoms with E-state index in [1.165, 1.54) is 18.4 Å². The number of nitrogens with zero attached hydrogens (tertiary/aromatic N) is 1. The second-order valence-electron chi connectivity index (χ2n) is 4.71. The number of hydrogen-bond acceptors (Lipinski definition) is 2. The van der Waals surface area contributed by atoms with Crippen LogP contribution in [0.1, 0.15) is 18.4 Å². The summed E-state index contributed by atoms with van der Waals surface area (Å²) in [6, 6.07) is 16.7. The largest absolute Gasteiger partial charge is 0.369 e. The lowest BCUT2D eigenvalue weighted by Gasteiger charge is -2.16. The summed E-state index contributed by atoms with van der Waals surface area (Å²) in [4.78, 5) is 4.29. The normalized spacial score (nSPS) is 16.5. The summed E-state index contributed by atoms with van der Waals surface area (Å²) in [5.41, 5.74) is 1.79. The SMILES string of the molecule is c1ccc(C2(CNc3ccccn3)CC2)cc1. The average molecular weight is 224 g/mol. The molecule has 1 N–H and O–H groups in total. The molecule has 17 heavy (non-hydrogen) atoms. The minimum Gasteiger partial charge on any atom is -0.369 e. The van der Waals surface area contributed by atoms with Gasteiger partial charge in [0.2, 0.25) is 0 Å². The number of pyridine rings is 1. The van der Waals surface area contributed by atoms with Gasteiger partial charge in [-0.1, -0.05) is 36.4 Å². The van der Waals surface area contributed by atoms with Gasteiger partial charge in [0, 0.05) is 18.2 Å². The Labute approximate surface area is 102 Å². The van der Waals surface area contributed by atoms with Crippen molar-refractivity contribution < 1.29 is 0 Å². The Bertz CT molecular complexity index is 475. The van der Waals surface area contributed by atoms with Gasteiger partial charge in [0.05, 0.1) is 0 Å². The Morgan fingerprint density at radius 1 is 1.00 bits per heavy atom. The number of hydrogen-bond donors (Lipinski definition) is 1. The summed E-state index contributed by atoms with van der Waals surface area (Å²) in [7, 11) is 0. The molecule has 0 saturated heterocycles. The molecule has 1 heterocycles. The van der Waals surface area contributed by atoms with Gasteiger partial charge in [-0.3, -0.25) is 0 Å². The van der Waals surface area contributed by atoms with Gasteiger partial charge in [0.25, 0.3) is 0 Å². The third-order valence-electron chi connectivity index (χ3n) is 3.51. The van der Waals surface area contributed by atoms with E-state index in [9.17, 15) is 0 Å². The highest BCUT2D eigenvalue weighted by molar-refractivity contribution is 5.39. The third kappa shape index (κ3) is 2.16. The van der Waals surface area contributed by atoms with Crippen molar-refractivity contribution in [2.45, 2.75) is 18.3 Å². The summed E-state index contributed by atoms with van der Waals surface area (Å²) in [6.07, 6.45) is 4.37. The van der Waals surface area contributed by atoms with Crippen LogP contribution in [0.3, 0.4) is 0 Å². The molecule has 1 aliphatic rings. The molecule has 0 unspecified atom stereocenters. The van der Waals surface area contributed by atoms with E-state index in [4.69, 9.17) is 0 Å². The van der Waals surface area contributed by atoms with E-state index in [0.29, 0.717) is 5.41 Å². The highest BCUT2D eigenvalue weighted by atomic mass is 15.0. The first kappa shape index (κ1) is 10.3. The van der Waals surface area contributed by atoms with E-state index in [1.807, 2.05) is 24.4 Å². The average Bonchev–Trinajstić information content (AvgIpc) is 3.20. The lowest BCUT2D eigenvalue weighted by atomic mass is 9.96. The van der Waals surface area contributed by atoms with E-state index in [-0.39, 0.29) is 0 Å². The molecular formula is C15H16N2. The summed E-state index contributed by atoms with van der Waals surface area (Å²) in [6.45, 7) is 0.980. The van der Waals surface area contributed by atoms with Gasteiger partial charge in [-0.05, 0) is 30.5 Å². The van der Waals surface area contributed by atoms with Crippen molar-refractivity contribution in [3.05, 3.63) is 60.3 Å². The smallest absolute Gasteiger partial charge is 0.125 e. The molecular weight excluding hydrogens is 208 g/mol. The Morgan fingerprint density at radius 2 is 1.76 bits per heavy atom. The van der Waals surface area contributed by atoms with Crippen LogP contribution in [0.25, 0.3) is 0 Å². The van der Waals surface area contributed by atoms with E-state index in [0.717, 1.165) is 12.4 Å². The van der Waals surface area contributed by atoms with Crippen LogP contribution in [-0.2, 0) is 5.41 Å². The van der Waals surface area contributed by atoms with Gasteiger partial charge >= 0.3 is 0 Å². The maximum absolute atomic E-state index is 4.29. The standard InChI is InChI=1S/C15H16N2/c1-2-6-13(7-3-1)15(9-10-15)12-17-14-8-4-5-11-16-14/h1-8,11H,9-10,12H2,(H,16,17). The highest BCUT2D eigenvalue weighted by Crippen LogP contribution is 2.47. The maximum atomic E-state index is 4.29. The summed E-state index contributed by atoms with van der Waals surface area (Å²) < 4.78 is 0. The monoisotopic (exact) mass is 224 g/mol. The van der Waals surface area contributed by atoms with Gasteiger partial charge < -0.3 is 5.32 Å². The minimum atomic E-state index is 0.346. The predicted molar refractivity (Wildman–Crippen MR) is 70.1 cm³/mol. The molecule has 1 aliphatic carbocycles. The van der Waals surface area contributed by atoms with Gasteiger partial charge in [-0.15, -0.1) is 0 Å². The molecule has 0 amide bonds. The Kier molecular flexibility index (Phi) is 2.56. The lowest BCUT2D eigenvalue weighted by molar-refractivity contribution is 0.730. The maximum Gasteiger partial charge on any atom is 0.125 e. The van der Waals surface area contributed by atoms with Crippen molar-refractivity contribution >= 4 is 5.82 Å². The fourth-order valence-corrected chi connectivity index (χ4v) is 2.24. The van der Waals surface area contributed by atoms with Crippen molar-refractivity contribution in [2.75, 3.05) is 11.9 Å². The first-order valence-corrected chi connectivity index (χ1v) is 6.10. The number of nitrogens with one attached hydrogen (secondary N) is 1. The molecule has 3 rings (SSSR count). The molecule has 1 aromatic carbocycles. The molecule has 0 radical (unpaired) electrons. The van der Waals surface area contributed by atoms with Crippen molar-refractivity contribution in [1.29, 1.82) is 0 Å². The zero-order valence-corrected chi connectivity index (χ0v) is 9.76. The topological polar surface area (TPSA) is 24.9 Å². The molecule has 1 fully saturated rings. The van der Waals surface area contributed by atoms with Crippen molar-refractivity contribution in [3.8, 4) is 0 Å². The van der Waals surface area contributed by atoms with Gasteiger partial charge in [0.1, 0.15) is 5.82 Å². The molecule has 0 spiro atoms. The fourth-order valence-electron chi connectivity index (χ4n) is 2.24. The van der Waals surface area contributed by atoms with Crippen LogP contribution in [0.15, 0.2) is 54.7 Å². The summed E-state index contributed by atoms with van der Waals surface area (Å²) in [5, 5.41) is 3.43. The second-order valence-corrected chi connectivity index (χ2v) is 4.71. The van der Waals surface area contributed by atoms with Crippen LogP contribution in [0.4, 0.5) is 5.82 Å². The van der Waals surface area contributed by atoms with Gasteiger partial charge in [0.15, 0.2) is 0 Å². The van der Waals surface area contributed by atoms with E-state index >= 15 is 0 Å². The van der Waals surface area contributed by atoms with Crippen LogP contribution in [0.5, 0.6) is 0 Å². The van der Waals surface area contributed by atoms with E-state index in [1.54, 1.807) is 0 Å². The minimum absolute atomic E-state index is 0.346. The molecule has 0 aliphatic heterocycles. The second kappa shape index (κ2) is 4.21. The summed E-state index contributed by atoms with van der Waals surface area (Å²) >= 11 is 0. The Balaban J connectivity index is 1.70. The number of benzene rings is 1. The highest BCUT2D eigenvalue weighted by Gasteiger charge is 2.43. The van der Waals surface area contributed by atoms with Crippen LogP contribution < -0.4 is 5.32 Å². The third-order valence-corrected chi connectivity index (χ3v) is 3.51. The zero-order chi connectivity index (χ0) is 11.6. The first-order valence-electron chi connectivity index (χ1n) is 6.10. The quantitative estimate of drug-likeness (QED) is 0.862. The Morgan fingerprint density at radius 3 is 2.41 bits per heavy atom. The van der Waals surface area contributed by atoms with Crippen molar-refractivity contribution in [2.24, 2.45) is 0 Å². The zero-order valence-electron chi connectivity index (χ0n) is 9.76. The summed E-state index contributed by atoms with van der Waals surface area (Å²) in [5.74, 6) is 0.967. The molecule has 0 atom stereocenters. The van der Waals surface area contributed by atoms with Gasteiger partial charge in [-0.25, -0.2) is 4.98 Å². The molecule has 86 valence electrons. The van der Waals surface area contributed by atoms with Crippen LogP contribution in [0.2, 0.25) is 0 Å². The predicted octanol–water partition coefficient (Wildman–Crippen LogP) is 3.23. The van der Waals surface area contributed by atoms with E-state index in [2.05, 4.69) is 40.6 Å². The number of rotatable bonds is 4. The van der Waals surface area contributed by atoms with Crippen LogP contribution >= 0.6 is 0 Å². The number of anilines is 1. The van der Waals surface area contributed by atoms with Gasteiger partial charge in [-0.2, -0.15) is 0 Å².